The van der Waals surface area contributed by atoms with Crippen molar-refractivity contribution in [3.63, 3.8) is 0 Å². The average molecular weight is 395 g/mol. The van der Waals surface area contributed by atoms with Crippen LogP contribution in [0.15, 0.2) is 29.3 Å². The van der Waals surface area contributed by atoms with Crippen LogP contribution in [0.25, 0.3) is 0 Å². The fourth-order valence-corrected chi connectivity index (χ4v) is 5.29. The van der Waals surface area contributed by atoms with E-state index in [0.717, 1.165) is 26.2 Å². The summed E-state index contributed by atoms with van der Waals surface area (Å²) in [6, 6.07) is 8.47. The van der Waals surface area contributed by atoms with Crippen LogP contribution in [-0.4, -0.2) is 69.7 Å². The van der Waals surface area contributed by atoms with Gasteiger partial charge in [0.05, 0.1) is 24.2 Å². The van der Waals surface area contributed by atoms with Crippen LogP contribution in [0, 0.1) is 0 Å². The predicted octanol–water partition coefficient (Wildman–Crippen LogP) is 0.759. The zero-order chi connectivity index (χ0) is 19.3. The van der Waals surface area contributed by atoms with E-state index in [1.54, 1.807) is 7.05 Å². The Morgan fingerprint density at radius 1 is 1.37 bits per heavy atom. The largest absolute Gasteiger partial charge is 0.376 e. The van der Waals surface area contributed by atoms with Crippen LogP contribution in [0.2, 0.25) is 0 Å². The van der Waals surface area contributed by atoms with Gasteiger partial charge in [-0.25, -0.2) is 8.42 Å². The van der Waals surface area contributed by atoms with Crippen molar-refractivity contribution in [3.8, 4) is 0 Å². The molecule has 7 nitrogen and oxygen atoms in total. The number of aliphatic imine (C=N–C) groups is 1. The van der Waals surface area contributed by atoms with Crippen molar-refractivity contribution in [1.82, 2.24) is 15.5 Å². The van der Waals surface area contributed by atoms with Crippen LogP contribution < -0.4 is 10.6 Å². The lowest BCUT2D eigenvalue weighted by Gasteiger charge is -2.31. The molecule has 0 aliphatic carbocycles. The molecule has 2 N–H and O–H groups in total. The topological polar surface area (TPSA) is 83.0 Å². The van der Waals surface area contributed by atoms with Crippen molar-refractivity contribution >= 4 is 15.8 Å². The van der Waals surface area contributed by atoms with Crippen molar-refractivity contribution < 1.29 is 13.2 Å². The lowest BCUT2D eigenvalue weighted by Crippen LogP contribution is -2.43. The molecule has 27 heavy (non-hydrogen) atoms. The van der Waals surface area contributed by atoms with Crippen LogP contribution in [0.4, 0.5) is 0 Å². The van der Waals surface area contributed by atoms with E-state index in [0.29, 0.717) is 18.9 Å². The first kappa shape index (κ1) is 20.1. The molecule has 0 saturated carbocycles. The third kappa shape index (κ3) is 6.19. The summed E-state index contributed by atoms with van der Waals surface area (Å²) in [5, 5.41) is 6.50. The number of hydrogen-bond acceptors (Lipinski definition) is 5. The number of nitrogens with one attached hydrogen (secondary N) is 2. The second kappa shape index (κ2) is 9.03. The molecular formula is C19H30N4O3S. The Labute approximate surface area is 162 Å². The highest BCUT2D eigenvalue weighted by atomic mass is 32.2. The fourth-order valence-electron chi connectivity index (χ4n) is 3.61. The van der Waals surface area contributed by atoms with Crippen LogP contribution >= 0.6 is 0 Å². The van der Waals surface area contributed by atoms with Gasteiger partial charge in [-0.15, -0.1) is 0 Å². The van der Waals surface area contributed by atoms with Crippen molar-refractivity contribution in [2.24, 2.45) is 4.99 Å². The lowest BCUT2D eigenvalue weighted by molar-refractivity contribution is -0.0212. The first-order valence-corrected chi connectivity index (χ1v) is 11.3. The molecule has 1 aromatic carbocycles. The van der Waals surface area contributed by atoms with E-state index in [4.69, 9.17) is 4.74 Å². The number of ether oxygens (including phenoxy) is 1. The maximum absolute atomic E-state index is 11.6. The van der Waals surface area contributed by atoms with Gasteiger partial charge >= 0.3 is 0 Å². The molecule has 2 saturated heterocycles. The number of morpholine rings is 1. The number of benzene rings is 1. The third-order valence-corrected chi connectivity index (χ3v) is 6.75. The summed E-state index contributed by atoms with van der Waals surface area (Å²) in [6.45, 7) is 6.40. The average Bonchev–Trinajstić information content (AvgIpc) is 2.97. The Kier molecular flexibility index (Phi) is 6.73. The van der Waals surface area contributed by atoms with Gasteiger partial charge in [-0.2, -0.15) is 0 Å². The SMILES string of the molecule is CN=C(NCc1cccc(CN2CCOC(C)C2)c1)NC1CCS(=O)(=O)C1. The minimum atomic E-state index is -2.90. The molecule has 8 heteroatoms. The van der Waals surface area contributed by atoms with Crippen molar-refractivity contribution in [1.29, 1.82) is 0 Å². The van der Waals surface area contributed by atoms with Gasteiger partial charge in [0.15, 0.2) is 15.8 Å². The maximum atomic E-state index is 11.6. The molecule has 2 unspecified atom stereocenters. The van der Waals surface area contributed by atoms with Gasteiger partial charge in [-0.1, -0.05) is 24.3 Å². The van der Waals surface area contributed by atoms with E-state index in [1.165, 1.54) is 11.1 Å². The predicted molar refractivity (Wildman–Crippen MR) is 108 cm³/mol. The van der Waals surface area contributed by atoms with Gasteiger partial charge < -0.3 is 15.4 Å². The van der Waals surface area contributed by atoms with Crippen molar-refractivity contribution in [3.05, 3.63) is 35.4 Å². The van der Waals surface area contributed by atoms with Crippen LogP contribution in [0.3, 0.4) is 0 Å². The van der Waals surface area contributed by atoms with Crippen LogP contribution in [0.5, 0.6) is 0 Å². The first-order chi connectivity index (χ1) is 12.9. The van der Waals surface area contributed by atoms with E-state index in [9.17, 15) is 8.42 Å². The summed E-state index contributed by atoms with van der Waals surface area (Å²) in [4.78, 5) is 6.63. The molecule has 2 aliphatic heterocycles. The fraction of sp³-hybridized carbons (Fsp3) is 0.632. The minimum Gasteiger partial charge on any atom is -0.376 e. The summed E-state index contributed by atoms with van der Waals surface area (Å²) in [5.41, 5.74) is 2.46. The number of sulfone groups is 1. The maximum Gasteiger partial charge on any atom is 0.191 e. The summed E-state index contributed by atoms with van der Waals surface area (Å²) in [7, 11) is -1.20. The Morgan fingerprint density at radius 2 is 2.19 bits per heavy atom. The number of rotatable bonds is 5. The van der Waals surface area contributed by atoms with Gasteiger partial charge in [-0.3, -0.25) is 9.89 Å². The molecular weight excluding hydrogens is 364 g/mol. The zero-order valence-electron chi connectivity index (χ0n) is 16.1. The molecule has 150 valence electrons. The van der Waals surface area contributed by atoms with Crippen molar-refractivity contribution in [2.45, 2.75) is 38.6 Å². The molecule has 2 fully saturated rings. The number of guanidine groups is 1. The van der Waals surface area contributed by atoms with Crippen LogP contribution in [0.1, 0.15) is 24.5 Å². The quantitative estimate of drug-likeness (QED) is 0.567. The Bertz CT molecular complexity index is 766. The number of nitrogens with zero attached hydrogens (tertiary/aromatic N) is 2. The van der Waals surface area contributed by atoms with E-state index >= 15 is 0 Å². The molecule has 2 heterocycles. The van der Waals surface area contributed by atoms with Gasteiger partial charge in [0, 0.05) is 39.3 Å². The third-order valence-electron chi connectivity index (χ3n) is 4.98. The number of hydrogen-bond donors (Lipinski definition) is 2. The zero-order valence-corrected chi connectivity index (χ0v) is 17.0. The minimum absolute atomic E-state index is 0.0594. The van der Waals surface area contributed by atoms with Crippen molar-refractivity contribution in [2.75, 3.05) is 38.2 Å². The molecule has 0 bridgehead atoms. The first-order valence-electron chi connectivity index (χ1n) is 9.53. The van der Waals surface area contributed by atoms with Crippen LogP contribution in [-0.2, 0) is 27.7 Å². The Hall–Kier alpha value is -1.64. The van der Waals surface area contributed by atoms with E-state index in [-0.39, 0.29) is 23.7 Å². The highest BCUT2D eigenvalue weighted by Crippen LogP contribution is 2.13. The smallest absolute Gasteiger partial charge is 0.191 e. The summed E-state index contributed by atoms with van der Waals surface area (Å²) in [5.74, 6) is 1.08. The molecule has 2 aliphatic rings. The normalized spacial score (nSPS) is 26.1. The Morgan fingerprint density at radius 3 is 2.89 bits per heavy atom. The van der Waals surface area contributed by atoms with Gasteiger partial charge in [-0.05, 0) is 24.5 Å². The highest BCUT2D eigenvalue weighted by molar-refractivity contribution is 7.91. The molecule has 2 atom stereocenters. The second-order valence-corrected chi connectivity index (χ2v) is 9.64. The van der Waals surface area contributed by atoms with E-state index in [2.05, 4.69) is 51.7 Å². The molecule has 0 aromatic heterocycles. The summed E-state index contributed by atoms with van der Waals surface area (Å²) >= 11 is 0. The van der Waals surface area contributed by atoms with Gasteiger partial charge in [0.25, 0.3) is 0 Å². The molecule has 0 amide bonds. The molecule has 0 radical (unpaired) electrons. The second-order valence-electron chi connectivity index (χ2n) is 7.41. The summed E-state index contributed by atoms with van der Waals surface area (Å²) < 4.78 is 28.8. The standard InChI is InChI=1S/C19H30N4O3S/c1-15-12-23(7-8-26-15)13-17-5-3-4-16(10-17)11-21-19(20-2)22-18-6-9-27(24,25)14-18/h3-5,10,15,18H,6-9,11-14H2,1-2H3,(H2,20,21,22). The van der Waals surface area contributed by atoms with E-state index < -0.39 is 9.84 Å². The van der Waals surface area contributed by atoms with Gasteiger partial charge in [0.2, 0.25) is 0 Å². The lowest BCUT2D eigenvalue weighted by atomic mass is 10.1. The van der Waals surface area contributed by atoms with E-state index in [1.807, 2.05) is 0 Å². The highest BCUT2D eigenvalue weighted by Gasteiger charge is 2.28. The monoisotopic (exact) mass is 394 g/mol. The molecule has 1 aromatic rings. The molecule has 3 rings (SSSR count). The van der Waals surface area contributed by atoms with Gasteiger partial charge in [0.1, 0.15) is 0 Å². The summed E-state index contributed by atoms with van der Waals surface area (Å²) in [6.07, 6.45) is 0.925. The molecule has 0 spiro atoms. The Balaban J connectivity index is 1.51.